The topological polar surface area (TPSA) is 32.3 Å². The van der Waals surface area contributed by atoms with E-state index in [4.69, 9.17) is 0 Å². The number of para-hydroxylation sites is 1. The molecule has 0 bridgehead atoms. The van der Waals surface area contributed by atoms with Gasteiger partial charge < -0.3 is 10.2 Å². The van der Waals surface area contributed by atoms with Crippen LogP contribution in [0.1, 0.15) is 32.8 Å². The zero-order valence-electron chi connectivity index (χ0n) is 13.0. The molecule has 0 fully saturated rings. The standard InChI is InChI=1S/C17H26N2O/c1-5-12(2)11-19(4)17(20)15-10-14-8-6-7-9-16(14)18-13(15)3/h6-9,12-13,15,18H,5,10-11H2,1-4H3. The molecule has 0 aromatic heterocycles. The third-order valence-corrected chi connectivity index (χ3v) is 4.42. The number of nitrogens with zero attached hydrogens (tertiary/aromatic N) is 1. The third kappa shape index (κ3) is 3.14. The summed E-state index contributed by atoms with van der Waals surface area (Å²) < 4.78 is 0. The monoisotopic (exact) mass is 274 g/mol. The Morgan fingerprint density at radius 3 is 2.85 bits per heavy atom. The molecule has 3 unspecified atom stereocenters. The van der Waals surface area contributed by atoms with Gasteiger partial charge in [0.15, 0.2) is 0 Å². The molecule has 0 saturated heterocycles. The second-order valence-electron chi connectivity index (χ2n) is 6.13. The highest BCUT2D eigenvalue weighted by Gasteiger charge is 2.32. The van der Waals surface area contributed by atoms with Gasteiger partial charge in [-0.05, 0) is 30.9 Å². The van der Waals surface area contributed by atoms with Crippen LogP contribution in [0.5, 0.6) is 0 Å². The van der Waals surface area contributed by atoms with Crippen LogP contribution in [-0.2, 0) is 11.2 Å². The van der Waals surface area contributed by atoms with E-state index in [1.807, 2.05) is 24.1 Å². The van der Waals surface area contributed by atoms with Crippen molar-refractivity contribution in [2.24, 2.45) is 11.8 Å². The highest BCUT2D eigenvalue weighted by Crippen LogP contribution is 2.29. The van der Waals surface area contributed by atoms with E-state index in [0.717, 1.165) is 19.4 Å². The maximum absolute atomic E-state index is 12.7. The van der Waals surface area contributed by atoms with Crippen LogP contribution >= 0.6 is 0 Å². The van der Waals surface area contributed by atoms with Crippen LogP contribution < -0.4 is 5.32 Å². The Morgan fingerprint density at radius 2 is 2.15 bits per heavy atom. The fourth-order valence-corrected chi connectivity index (χ4v) is 2.87. The lowest BCUT2D eigenvalue weighted by atomic mass is 9.87. The summed E-state index contributed by atoms with van der Waals surface area (Å²) in [6, 6.07) is 8.48. The number of fused-ring (bicyclic) bond motifs is 1. The molecule has 0 saturated carbocycles. The molecule has 2 rings (SSSR count). The van der Waals surface area contributed by atoms with E-state index in [1.165, 1.54) is 11.3 Å². The van der Waals surface area contributed by atoms with Crippen molar-refractivity contribution in [2.45, 2.75) is 39.7 Å². The Morgan fingerprint density at radius 1 is 1.45 bits per heavy atom. The number of nitrogens with one attached hydrogen (secondary N) is 1. The Labute approximate surface area is 122 Å². The maximum Gasteiger partial charge on any atom is 0.227 e. The van der Waals surface area contributed by atoms with Crippen molar-refractivity contribution >= 4 is 11.6 Å². The number of hydrogen-bond acceptors (Lipinski definition) is 2. The third-order valence-electron chi connectivity index (χ3n) is 4.42. The van der Waals surface area contributed by atoms with Gasteiger partial charge in [-0.25, -0.2) is 0 Å². The summed E-state index contributed by atoms with van der Waals surface area (Å²) in [7, 11) is 1.93. The van der Waals surface area contributed by atoms with E-state index in [2.05, 4.69) is 38.2 Å². The lowest BCUT2D eigenvalue weighted by Crippen LogP contribution is -2.45. The number of carbonyl (C=O) groups excluding carboxylic acids is 1. The first kappa shape index (κ1) is 14.9. The maximum atomic E-state index is 12.7. The molecule has 20 heavy (non-hydrogen) atoms. The molecule has 1 amide bonds. The molecule has 110 valence electrons. The molecule has 1 aromatic carbocycles. The summed E-state index contributed by atoms with van der Waals surface area (Å²) in [5.74, 6) is 0.863. The number of benzene rings is 1. The Bertz CT molecular complexity index is 472. The summed E-state index contributed by atoms with van der Waals surface area (Å²) in [6.45, 7) is 7.32. The fraction of sp³-hybridized carbons (Fsp3) is 0.588. The summed E-state index contributed by atoms with van der Waals surface area (Å²) in [5, 5.41) is 3.47. The van der Waals surface area contributed by atoms with Gasteiger partial charge in [-0.1, -0.05) is 38.5 Å². The fourth-order valence-electron chi connectivity index (χ4n) is 2.87. The van der Waals surface area contributed by atoms with Crippen LogP contribution in [0.25, 0.3) is 0 Å². The van der Waals surface area contributed by atoms with Crippen LogP contribution in [0.4, 0.5) is 5.69 Å². The van der Waals surface area contributed by atoms with Gasteiger partial charge in [0.25, 0.3) is 0 Å². The molecule has 0 radical (unpaired) electrons. The molecule has 0 spiro atoms. The molecule has 1 aliphatic rings. The largest absolute Gasteiger partial charge is 0.382 e. The minimum absolute atomic E-state index is 0.0407. The highest BCUT2D eigenvalue weighted by molar-refractivity contribution is 5.81. The summed E-state index contributed by atoms with van der Waals surface area (Å²) >= 11 is 0. The molecular formula is C17H26N2O. The van der Waals surface area contributed by atoms with E-state index >= 15 is 0 Å². The molecule has 0 aliphatic carbocycles. The molecular weight excluding hydrogens is 248 g/mol. The molecule has 1 heterocycles. The number of rotatable bonds is 4. The van der Waals surface area contributed by atoms with Crippen LogP contribution in [0, 0.1) is 11.8 Å². The van der Waals surface area contributed by atoms with Crippen LogP contribution in [-0.4, -0.2) is 30.4 Å². The summed E-state index contributed by atoms with van der Waals surface area (Å²) in [4.78, 5) is 14.6. The number of anilines is 1. The number of amides is 1. The average Bonchev–Trinajstić information content (AvgIpc) is 2.45. The Balaban J connectivity index is 2.07. The molecule has 1 aliphatic heterocycles. The lowest BCUT2D eigenvalue weighted by Gasteiger charge is -2.34. The molecule has 3 nitrogen and oxygen atoms in total. The van der Waals surface area contributed by atoms with Gasteiger partial charge in [0.2, 0.25) is 5.91 Å². The SMILES string of the molecule is CCC(C)CN(C)C(=O)C1Cc2ccccc2NC1C. The van der Waals surface area contributed by atoms with Crippen molar-refractivity contribution in [3.63, 3.8) is 0 Å². The van der Waals surface area contributed by atoms with Gasteiger partial charge in [0.05, 0.1) is 5.92 Å². The van der Waals surface area contributed by atoms with E-state index in [-0.39, 0.29) is 17.9 Å². The Kier molecular flexibility index (Phi) is 4.69. The van der Waals surface area contributed by atoms with Gasteiger partial charge >= 0.3 is 0 Å². The first-order chi connectivity index (χ1) is 9.52. The molecule has 1 aromatic rings. The minimum atomic E-state index is 0.0407. The Hall–Kier alpha value is -1.51. The van der Waals surface area contributed by atoms with Crippen LogP contribution in [0.2, 0.25) is 0 Å². The lowest BCUT2D eigenvalue weighted by molar-refractivity contribution is -0.135. The van der Waals surface area contributed by atoms with Gasteiger partial charge in [0.1, 0.15) is 0 Å². The molecule has 3 atom stereocenters. The second-order valence-corrected chi connectivity index (χ2v) is 6.13. The van der Waals surface area contributed by atoms with Crippen molar-refractivity contribution in [2.75, 3.05) is 18.9 Å². The normalized spacial score (nSPS) is 22.6. The van der Waals surface area contributed by atoms with E-state index in [9.17, 15) is 4.79 Å². The molecule has 3 heteroatoms. The van der Waals surface area contributed by atoms with Gasteiger partial charge in [-0.2, -0.15) is 0 Å². The van der Waals surface area contributed by atoms with Crippen molar-refractivity contribution in [3.8, 4) is 0 Å². The first-order valence-corrected chi connectivity index (χ1v) is 7.62. The van der Waals surface area contributed by atoms with E-state index in [1.54, 1.807) is 0 Å². The minimum Gasteiger partial charge on any atom is -0.382 e. The summed E-state index contributed by atoms with van der Waals surface area (Å²) in [5.41, 5.74) is 2.43. The van der Waals surface area contributed by atoms with Crippen LogP contribution in [0.15, 0.2) is 24.3 Å². The van der Waals surface area contributed by atoms with Crippen molar-refractivity contribution in [1.29, 1.82) is 0 Å². The zero-order chi connectivity index (χ0) is 14.7. The predicted octanol–water partition coefficient (Wildman–Crippen LogP) is 3.16. The highest BCUT2D eigenvalue weighted by atomic mass is 16.2. The van der Waals surface area contributed by atoms with Crippen molar-refractivity contribution < 1.29 is 4.79 Å². The van der Waals surface area contributed by atoms with Crippen molar-refractivity contribution in [3.05, 3.63) is 29.8 Å². The quantitative estimate of drug-likeness (QED) is 0.914. The first-order valence-electron chi connectivity index (χ1n) is 7.62. The van der Waals surface area contributed by atoms with Crippen molar-refractivity contribution in [1.82, 2.24) is 4.90 Å². The second kappa shape index (κ2) is 6.29. The number of hydrogen-bond donors (Lipinski definition) is 1. The van der Waals surface area contributed by atoms with Gasteiger partial charge in [-0.3, -0.25) is 4.79 Å². The van der Waals surface area contributed by atoms with Gasteiger partial charge in [0, 0.05) is 25.3 Å². The zero-order valence-corrected chi connectivity index (χ0v) is 13.0. The number of carbonyl (C=O) groups is 1. The molecule has 1 N–H and O–H groups in total. The predicted molar refractivity (Wildman–Crippen MR) is 83.8 cm³/mol. The summed E-state index contributed by atoms with van der Waals surface area (Å²) in [6.07, 6.45) is 1.95. The van der Waals surface area contributed by atoms with Crippen LogP contribution in [0.3, 0.4) is 0 Å². The smallest absolute Gasteiger partial charge is 0.227 e. The van der Waals surface area contributed by atoms with Gasteiger partial charge in [-0.15, -0.1) is 0 Å². The van der Waals surface area contributed by atoms with E-state index in [0.29, 0.717) is 5.92 Å². The van der Waals surface area contributed by atoms with E-state index < -0.39 is 0 Å². The average molecular weight is 274 g/mol.